The van der Waals surface area contributed by atoms with Gasteiger partial charge in [-0.3, -0.25) is 4.79 Å². The van der Waals surface area contributed by atoms with Gasteiger partial charge in [0.05, 0.1) is 6.04 Å². The molecule has 1 atom stereocenters. The Balaban J connectivity index is 1.56. The number of aromatic nitrogens is 1. The molecule has 2 aliphatic rings. The van der Waals surface area contributed by atoms with Gasteiger partial charge < -0.3 is 9.42 Å². The minimum atomic E-state index is -0.0342. The lowest BCUT2D eigenvalue weighted by molar-refractivity contribution is 0.0725. The Morgan fingerprint density at radius 1 is 1.23 bits per heavy atom. The van der Waals surface area contributed by atoms with E-state index in [9.17, 15) is 4.79 Å². The molecule has 2 aromatic rings. The maximum Gasteiger partial charge on any atom is 0.276 e. The molecule has 0 spiro atoms. The predicted octanol–water partition coefficient (Wildman–Crippen LogP) is 4.18. The number of halogens is 1. The molecule has 114 valence electrons. The Kier molecular flexibility index (Phi) is 3.41. The summed E-state index contributed by atoms with van der Waals surface area (Å²) in [5.41, 5.74) is 1.56. The molecule has 0 radical (unpaired) electrons. The van der Waals surface area contributed by atoms with E-state index in [4.69, 9.17) is 16.1 Å². The van der Waals surface area contributed by atoms with Crippen molar-refractivity contribution in [1.29, 1.82) is 0 Å². The SMILES string of the molecule is O=C(c1cc(C2CC2)on1)N1CCCC1c1ccc(Cl)cc1. The van der Waals surface area contributed by atoms with Crippen LogP contribution in [0.25, 0.3) is 0 Å². The maximum absolute atomic E-state index is 12.7. The molecular weight excluding hydrogens is 300 g/mol. The predicted molar refractivity (Wildman–Crippen MR) is 82.9 cm³/mol. The Bertz CT molecular complexity index is 691. The molecule has 1 aromatic carbocycles. The monoisotopic (exact) mass is 316 g/mol. The van der Waals surface area contributed by atoms with Crippen LogP contribution in [-0.2, 0) is 0 Å². The van der Waals surface area contributed by atoms with Crippen LogP contribution >= 0.6 is 11.6 Å². The molecule has 1 aromatic heterocycles. The highest BCUT2D eigenvalue weighted by molar-refractivity contribution is 6.30. The lowest BCUT2D eigenvalue weighted by atomic mass is 10.0. The summed E-state index contributed by atoms with van der Waals surface area (Å²) in [5, 5.41) is 4.69. The third-order valence-corrected chi connectivity index (χ3v) is 4.75. The van der Waals surface area contributed by atoms with Crippen molar-refractivity contribution in [3.8, 4) is 0 Å². The normalized spacial score (nSPS) is 21.3. The summed E-state index contributed by atoms with van der Waals surface area (Å²) < 4.78 is 5.31. The van der Waals surface area contributed by atoms with Crippen molar-refractivity contribution in [2.75, 3.05) is 6.54 Å². The number of nitrogens with zero attached hydrogens (tertiary/aromatic N) is 2. The second kappa shape index (κ2) is 5.43. The van der Waals surface area contributed by atoms with E-state index in [1.807, 2.05) is 35.2 Å². The van der Waals surface area contributed by atoms with E-state index in [1.54, 1.807) is 0 Å². The van der Waals surface area contributed by atoms with Crippen LogP contribution in [0.3, 0.4) is 0 Å². The third kappa shape index (κ3) is 2.52. The van der Waals surface area contributed by atoms with Crippen LogP contribution in [0, 0.1) is 0 Å². The van der Waals surface area contributed by atoms with Gasteiger partial charge in [-0.05, 0) is 43.4 Å². The first kappa shape index (κ1) is 13.8. The van der Waals surface area contributed by atoms with Crippen molar-refractivity contribution in [1.82, 2.24) is 10.1 Å². The molecule has 4 nitrogen and oxygen atoms in total. The van der Waals surface area contributed by atoms with Crippen molar-refractivity contribution in [3.05, 3.63) is 52.4 Å². The zero-order chi connectivity index (χ0) is 15.1. The average molecular weight is 317 g/mol. The summed E-state index contributed by atoms with van der Waals surface area (Å²) in [4.78, 5) is 14.6. The van der Waals surface area contributed by atoms with Gasteiger partial charge in [-0.1, -0.05) is 28.9 Å². The van der Waals surface area contributed by atoms with Crippen molar-refractivity contribution >= 4 is 17.5 Å². The summed E-state index contributed by atoms with van der Waals surface area (Å²) in [6, 6.07) is 9.66. The van der Waals surface area contributed by atoms with E-state index in [0.29, 0.717) is 16.6 Å². The van der Waals surface area contributed by atoms with Gasteiger partial charge in [-0.15, -0.1) is 0 Å². The van der Waals surface area contributed by atoms with E-state index in [2.05, 4.69) is 5.16 Å². The molecule has 1 saturated heterocycles. The summed E-state index contributed by atoms with van der Waals surface area (Å²) in [6.07, 6.45) is 4.26. The zero-order valence-corrected chi connectivity index (χ0v) is 12.9. The Hall–Kier alpha value is -1.81. The Morgan fingerprint density at radius 2 is 2.00 bits per heavy atom. The average Bonchev–Trinajstić information content (AvgIpc) is 3.08. The van der Waals surface area contributed by atoms with Gasteiger partial charge in [0, 0.05) is 23.6 Å². The fraction of sp³-hybridized carbons (Fsp3) is 0.412. The fourth-order valence-corrected chi connectivity index (χ4v) is 3.26. The van der Waals surface area contributed by atoms with Crippen molar-refractivity contribution < 1.29 is 9.32 Å². The molecule has 22 heavy (non-hydrogen) atoms. The van der Waals surface area contributed by atoms with Crippen LogP contribution in [0.5, 0.6) is 0 Å². The molecular formula is C17H17ClN2O2. The Morgan fingerprint density at radius 3 is 2.73 bits per heavy atom. The number of benzene rings is 1. The van der Waals surface area contributed by atoms with E-state index < -0.39 is 0 Å². The number of hydrogen-bond acceptors (Lipinski definition) is 3. The number of hydrogen-bond donors (Lipinski definition) is 0. The number of amides is 1. The van der Waals surface area contributed by atoms with Crippen LogP contribution in [0.1, 0.15) is 59.5 Å². The van der Waals surface area contributed by atoms with E-state index in [0.717, 1.165) is 43.6 Å². The number of carbonyl (C=O) groups excluding carboxylic acids is 1. The first-order valence-corrected chi connectivity index (χ1v) is 8.13. The zero-order valence-electron chi connectivity index (χ0n) is 12.2. The minimum Gasteiger partial charge on any atom is -0.360 e. The lowest BCUT2D eigenvalue weighted by Crippen LogP contribution is -2.30. The molecule has 1 saturated carbocycles. The highest BCUT2D eigenvalue weighted by atomic mass is 35.5. The van der Waals surface area contributed by atoms with E-state index in [1.165, 1.54) is 0 Å². The third-order valence-electron chi connectivity index (χ3n) is 4.50. The second-order valence-electron chi connectivity index (χ2n) is 6.10. The largest absolute Gasteiger partial charge is 0.360 e. The van der Waals surface area contributed by atoms with Gasteiger partial charge >= 0.3 is 0 Å². The summed E-state index contributed by atoms with van der Waals surface area (Å²) >= 11 is 5.95. The lowest BCUT2D eigenvalue weighted by Gasteiger charge is -2.24. The van der Waals surface area contributed by atoms with Crippen LogP contribution < -0.4 is 0 Å². The highest BCUT2D eigenvalue weighted by Crippen LogP contribution is 2.40. The van der Waals surface area contributed by atoms with E-state index >= 15 is 0 Å². The van der Waals surface area contributed by atoms with Gasteiger partial charge in [0.2, 0.25) is 0 Å². The summed E-state index contributed by atoms with van der Waals surface area (Å²) in [7, 11) is 0. The smallest absolute Gasteiger partial charge is 0.276 e. The van der Waals surface area contributed by atoms with Gasteiger partial charge in [0.15, 0.2) is 5.69 Å². The van der Waals surface area contributed by atoms with Crippen LogP contribution in [-0.4, -0.2) is 22.5 Å². The summed E-state index contributed by atoms with van der Waals surface area (Å²) in [5.74, 6) is 1.29. The topological polar surface area (TPSA) is 46.3 Å². The van der Waals surface area contributed by atoms with Crippen molar-refractivity contribution in [2.24, 2.45) is 0 Å². The van der Waals surface area contributed by atoms with Gasteiger partial charge in [-0.2, -0.15) is 0 Å². The van der Waals surface area contributed by atoms with Crippen LogP contribution in [0.4, 0.5) is 0 Å². The molecule has 1 aliphatic heterocycles. The number of rotatable bonds is 3. The number of likely N-dealkylation sites (tertiary alicyclic amines) is 1. The molecule has 4 rings (SSSR count). The second-order valence-corrected chi connectivity index (χ2v) is 6.53. The molecule has 0 bridgehead atoms. The van der Waals surface area contributed by atoms with Gasteiger partial charge in [0.1, 0.15) is 5.76 Å². The molecule has 2 fully saturated rings. The van der Waals surface area contributed by atoms with Gasteiger partial charge in [-0.25, -0.2) is 0 Å². The van der Waals surface area contributed by atoms with Crippen molar-refractivity contribution in [2.45, 2.75) is 37.6 Å². The molecule has 1 unspecified atom stereocenters. The highest BCUT2D eigenvalue weighted by Gasteiger charge is 2.34. The van der Waals surface area contributed by atoms with Gasteiger partial charge in [0.25, 0.3) is 5.91 Å². The molecule has 5 heteroatoms. The first-order valence-electron chi connectivity index (χ1n) is 7.75. The minimum absolute atomic E-state index is 0.0342. The number of carbonyl (C=O) groups is 1. The van der Waals surface area contributed by atoms with E-state index in [-0.39, 0.29) is 11.9 Å². The quantitative estimate of drug-likeness (QED) is 0.853. The Labute approximate surface area is 134 Å². The maximum atomic E-state index is 12.7. The standard InChI is InChI=1S/C17H17ClN2O2/c18-13-7-5-11(6-8-13)15-2-1-9-20(15)17(21)14-10-16(22-19-14)12-3-4-12/h5-8,10,12,15H,1-4,9H2. The van der Waals surface area contributed by atoms with Crippen LogP contribution in [0.2, 0.25) is 5.02 Å². The molecule has 1 amide bonds. The molecule has 1 aliphatic carbocycles. The first-order chi connectivity index (χ1) is 10.7. The van der Waals surface area contributed by atoms with Crippen LogP contribution in [0.15, 0.2) is 34.9 Å². The molecule has 2 heterocycles. The molecule has 0 N–H and O–H groups in total. The summed E-state index contributed by atoms with van der Waals surface area (Å²) in [6.45, 7) is 0.762. The van der Waals surface area contributed by atoms with Crippen molar-refractivity contribution in [3.63, 3.8) is 0 Å². The fourth-order valence-electron chi connectivity index (χ4n) is 3.14.